The van der Waals surface area contributed by atoms with Crippen LogP contribution in [0.15, 0.2) is 48.5 Å². The van der Waals surface area contributed by atoms with Crippen LogP contribution >= 0.6 is 0 Å². The van der Waals surface area contributed by atoms with Crippen LogP contribution in [-0.2, 0) is 0 Å². The molecule has 2 aromatic carbocycles. The fourth-order valence-corrected chi connectivity index (χ4v) is 1.58. The van der Waals surface area contributed by atoms with Crippen LogP contribution in [0.2, 0.25) is 0 Å². The minimum absolute atomic E-state index is 0.0743. The molecule has 0 heterocycles. The van der Waals surface area contributed by atoms with Gasteiger partial charge in [0.25, 0.3) is 11.8 Å². The average molecular weight is 270 g/mol. The van der Waals surface area contributed by atoms with Crippen molar-refractivity contribution in [1.82, 2.24) is 10.9 Å². The van der Waals surface area contributed by atoms with Crippen molar-refractivity contribution in [1.29, 1.82) is 0 Å². The number of aryl methyl sites for hydroxylation is 1. The van der Waals surface area contributed by atoms with E-state index in [1.165, 1.54) is 24.3 Å². The molecule has 0 atom stereocenters. The summed E-state index contributed by atoms with van der Waals surface area (Å²) in [5, 5.41) is 9.13. The third-order valence-corrected chi connectivity index (χ3v) is 2.73. The van der Waals surface area contributed by atoms with E-state index in [4.69, 9.17) is 5.11 Å². The van der Waals surface area contributed by atoms with Gasteiger partial charge in [-0.15, -0.1) is 0 Å². The molecule has 3 N–H and O–H groups in total. The van der Waals surface area contributed by atoms with Crippen LogP contribution in [0.3, 0.4) is 0 Å². The molecule has 20 heavy (non-hydrogen) atoms. The van der Waals surface area contributed by atoms with Gasteiger partial charge in [0, 0.05) is 11.1 Å². The van der Waals surface area contributed by atoms with Crippen molar-refractivity contribution < 1.29 is 14.7 Å². The van der Waals surface area contributed by atoms with Crippen molar-refractivity contribution in [3.8, 4) is 5.75 Å². The molecule has 2 rings (SSSR count). The van der Waals surface area contributed by atoms with E-state index < -0.39 is 11.8 Å². The molecule has 0 aliphatic rings. The quantitative estimate of drug-likeness (QED) is 0.728. The smallest absolute Gasteiger partial charge is 0.269 e. The van der Waals surface area contributed by atoms with Crippen LogP contribution in [0.4, 0.5) is 0 Å². The van der Waals surface area contributed by atoms with Crippen LogP contribution in [0.1, 0.15) is 26.3 Å². The summed E-state index contributed by atoms with van der Waals surface area (Å²) < 4.78 is 0. The van der Waals surface area contributed by atoms with Gasteiger partial charge in [-0.2, -0.15) is 0 Å². The molecule has 0 bridgehead atoms. The zero-order valence-corrected chi connectivity index (χ0v) is 10.9. The second kappa shape index (κ2) is 5.88. The number of carbonyl (C=O) groups excluding carboxylic acids is 2. The van der Waals surface area contributed by atoms with E-state index in [-0.39, 0.29) is 5.75 Å². The van der Waals surface area contributed by atoms with Crippen molar-refractivity contribution in [2.45, 2.75) is 6.92 Å². The van der Waals surface area contributed by atoms with E-state index in [9.17, 15) is 9.59 Å². The largest absolute Gasteiger partial charge is 0.508 e. The SMILES string of the molecule is Cc1ccc(C(=O)NNC(=O)c2ccc(O)cc2)cc1. The Balaban J connectivity index is 1.94. The number of nitrogens with one attached hydrogen (secondary N) is 2. The first kappa shape index (κ1) is 13.6. The Bertz CT molecular complexity index is 561. The number of rotatable bonds is 2. The number of hydrogen-bond acceptors (Lipinski definition) is 3. The van der Waals surface area contributed by atoms with Gasteiger partial charge in [0.1, 0.15) is 5.75 Å². The molecule has 0 aromatic heterocycles. The summed E-state index contributed by atoms with van der Waals surface area (Å²) in [6.07, 6.45) is 0. The topological polar surface area (TPSA) is 78.4 Å². The zero-order valence-electron chi connectivity index (χ0n) is 10.9. The lowest BCUT2D eigenvalue weighted by atomic mass is 10.1. The predicted octanol–water partition coefficient (Wildman–Crippen LogP) is 1.78. The standard InChI is InChI=1S/C15H14N2O3/c1-10-2-4-11(5-3-10)14(19)16-17-15(20)12-6-8-13(18)9-7-12/h2-9,18H,1H3,(H,16,19)(H,17,20). The van der Waals surface area contributed by atoms with Gasteiger partial charge >= 0.3 is 0 Å². The molecule has 0 saturated heterocycles. The second-order valence-corrected chi connectivity index (χ2v) is 4.32. The minimum Gasteiger partial charge on any atom is -0.508 e. The first-order valence-electron chi connectivity index (χ1n) is 6.02. The van der Waals surface area contributed by atoms with Gasteiger partial charge in [0.2, 0.25) is 0 Å². The summed E-state index contributed by atoms with van der Waals surface area (Å²) >= 11 is 0. The summed E-state index contributed by atoms with van der Waals surface area (Å²) in [5.74, 6) is -0.771. The molecular formula is C15H14N2O3. The summed E-state index contributed by atoms with van der Waals surface area (Å²) in [6, 6.07) is 12.7. The number of hydrogen-bond donors (Lipinski definition) is 3. The Kier molecular flexibility index (Phi) is 4.00. The molecule has 0 fully saturated rings. The second-order valence-electron chi connectivity index (χ2n) is 4.32. The Morgan fingerprint density at radius 2 is 1.20 bits per heavy atom. The first-order valence-corrected chi connectivity index (χ1v) is 6.02. The van der Waals surface area contributed by atoms with Gasteiger partial charge in [-0.25, -0.2) is 0 Å². The fraction of sp³-hybridized carbons (Fsp3) is 0.0667. The van der Waals surface area contributed by atoms with Gasteiger partial charge in [-0.1, -0.05) is 17.7 Å². The van der Waals surface area contributed by atoms with Crippen molar-refractivity contribution in [2.24, 2.45) is 0 Å². The van der Waals surface area contributed by atoms with E-state index in [0.29, 0.717) is 11.1 Å². The number of phenolic OH excluding ortho intramolecular Hbond substituents is 1. The molecule has 2 amide bonds. The monoisotopic (exact) mass is 270 g/mol. The number of aromatic hydroxyl groups is 1. The molecule has 102 valence electrons. The van der Waals surface area contributed by atoms with Crippen LogP contribution in [-0.4, -0.2) is 16.9 Å². The maximum atomic E-state index is 11.8. The van der Waals surface area contributed by atoms with E-state index in [0.717, 1.165) is 5.56 Å². The van der Waals surface area contributed by atoms with Gasteiger partial charge < -0.3 is 5.11 Å². The molecule has 5 nitrogen and oxygen atoms in total. The lowest BCUT2D eigenvalue weighted by Crippen LogP contribution is -2.41. The molecule has 0 radical (unpaired) electrons. The Morgan fingerprint density at radius 3 is 1.65 bits per heavy atom. The van der Waals surface area contributed by atoms with Crippen LogP contribution in [0.25, 0.3) is 0 Å². The summed E-state index contributed by atoms with van der Waals surface area (Å²) in [5.41, 5.74) is 6.49. The highest BCUT2D eigenvalue weighted by molar-refractivity contribution is 5.99. The summed E-state index contributed by atoms with van der Waals surface area (Å²) in [7, 11) is 0. The lowest BCUT2D eigenvalue weighted by Gasteiger charge is -2.07. The minimum atomic E-state index is -0.453. The average Bonchev–Trinajstić information content (AvgIpc) is 2.46. The maximum absolute atomic E-state index is 11.8. The van der Waals surface area contributed by atoms with Gasteiger partial charge in [0.05, 0.1) is 0 Å². The van der Waals surface area contributed by atoms with Crippen molar-refractivity contribution >= 4 is 11.8 Å². The van der Waals surface area contributed by atoms with Crippen molar-refractivity contribution in [2.75, 3.05) is 0 Å². The van der Waals surface area contributed by atoms with Gasteiger partial charge in [-0.05, 0) is 43.3 Å². The van der Waals surface area contributed by atoms with Gasteiger partial charge in [0.15, 0.2) is 0 Å². The first-order chi connectivity index (χ1) is 9.56. The normalized spacial score (nSPS) is 9.85. The third kappa shape index (κ3) is 3.35. The highest BCUT2D eigenvalue weighted by atomic mass is 16.3. The molecule has 0 aliphatic heterocycles. The van der Waals surface area contributed by atoms with E-state index in [2.05, 4.69) is 10.9 Å². The Morgan fingerprint density at radius 1 is 0.800 bits per heavy atom. The molecular weight excluding hydrogens is 256 g/mol. The Hall–Kier alpha value is -2.82. The van der Waals surface area contributed by atoms with E-state index in [1.54, 1.807) is 12.1 Å². The van der Waals surface area contributed by atoms with Crippen molar-refractivity contribution in [3.05, 3.63) is 65.2 Å². The molecule has 0 saturated carbocycles. The number of carbonyl (C=O) groups is 2. The lowest BCUT2D eigenvalue weighted by molar-refractivity contribution is 0.0846. The molecule has 5 heteroatoms. The maximum Gasteiger partial charge on any atom is 0.269 e. The highest BCUT2D eigenvalue weighted by Crippen LogP contribution is 2.09. The van der Waals surface area contributed by atoms with Crippen LogP contribution in [0.5, 0.6) is 5.75 Å². The number of hydrazine groups is 1. The van der Waals surface area contributed by atoms with E-state index >= 15 is 0 Å². The summed E-state index contributed by atoms with van der Waals surface area (Å²) in [6.45, 7) is 1.92. The highest BCUT2D eigenvalue weighted by Gasteiger charge is 2.08. The third-order valence-electron chi connectivity index (χ3n) is 2.73. The number of phenols is 1. The predicted molar refractivity (Wildman–Crippen MR) is 74.2 cm³/mol. The van der Waals surface area contributed by atoms with Crippen LogP contribution in [0, 0.1) is 6.92 Å². The molecule has 0 aliphatic carbocycles. The number of benzene rings is 2. The van der Waals surface area contributed by atoms with Crippen molar-refractivity contribution in [3.63, 3.8) is 0 Å². The summed E-state index contributed by atoms with van der Waals surface area (Å²) in [4.78, 5) is 23.5. The number of amides is 2. The van der Waals surface area contributed by atoms with Crippen LogP contribution < -0.4 is 10.9 Å². The molecule has 0 unspecified atom stereocenters. The van der Waals surface area contributed by atoms with Gasteiger partial charge in [-0.3, -0.25) is 20.4 Å². The zero-order chi connectivity index (χ0) is 14.5. The van der Waals surface area contributed by atoms with E-state index in [1.807, 2.05) is 19.1 Å². The Labute approximate surface area is 116 Å². The molecule has 0 spiro atoms. The fourth-order valence-electron chi connectivity index (χ4n) is 1.58. The molecule has 2 aromatic rings.